The van der Waals surface area contributed by atoms with Gasteiger partial charge in [0.25, 0.3) is 0 Å². The predicted molar refractivity (Wildman–Crippen MR) is 64.6 cm³/mol. The van der Waals surface area contributed by atoms with Crippen molar-refractivity contribution >= 4 is 11.9 Å². The Kier molecular flexibility index (Phi) is 5.17. The van der Waals surface area contributed by atoms with Crippen molar-refractivity contribution in [3.63, 3.8) is 0 Å². The maximum atomic E-state index is 11.5. The Bertz CT molecular complexity index is 439. The van der Waals surface area contributed by atoms with Gasteiger partial charge in [0.15, 0.2) is 0 Å². The molecule has 0 aliphatic rings. The summed E-state index contributed by atoms with van der Waals surface area (Å²) in [7, 11) is 1.19. The van der Waals surface area contributed by atoms with Gasteiger partial charge in [-0.15, -0.1) is 0 Å². The topological polar surface area (TPSA) is 72.8 Å². The molecule has 0 radical (unpaired) electrons. The molecule has 1 aromatic rings. The van der Waals surface area contributed by atoms with E-state index in [-0.39, 0.29) is 23.5 Å². The summed E-state index contributed by atoms with van der Waals surface area (Å²) in [4.78, 5) is 23.0. The molecule has 0 aliphatic carbocycles. The van der Waals surface area contributed by atoms with Gasteiger partial charge in [0.05, 0.1) is 7.11 Å². The molecule has 0 bridgehead atoms. The van der Waals surface area contributed by atoms with E-state index in [1.54, 1.807) is 0 Å². The average molecular weight is 252 g/mol. The Hall–Kier alpha value is -2.04. The van der Waals surface area contributed by atoms with Gasteiger partial charge in [0.2, 0.25) is 0 Å². The Morgan fingerprint density at radius 1 is 1.33 bits per heavy atom. The number of ether oxygens (including phenoxy) is 2. The van der Waals surface area contributed by atoms with Crippen molar-refractivity contribution in [1.29, 1.82) is 0 Å². The van der Waals surface area contributed by atoms with Crippen LogP contribution in [-0.4, -0.2) is 24.2 Å². The molecular formula is C13H16O5. The minimum atomic E-state index is -0.744. The fourth-order valence-corrected chi connectivity index (χ4v) is 1.41. The van der Waals surface area contributed by atoms with Crippen molar-refractivity contribution in [3.05, 3.63) is 23.8 Å². The molecule has 1 aromatic carbocycles. The van der Waals surface area contributed by atoms with E-state index in [1.807, 2.05) is 6.92 Å². The summed E-state index contributed by atoms with van der Waals surface area (Å²) in [6.45, 7) is 1.96. The number of esters is 2. The van der Waals surface area contributed by atoms with E-state index >= 15 is 0 Å². The zero-order valence-corrected chi connectivity index (χ0v) is 10.4. The first kappa shape index (κ1) is 14.0. The van der Waals surface area contributed by atoms with Crippen LogP contribution in [0.2, 0.25) is 0 Å². The number of carbonyl (C=O) groups excluding carboxylic acids is 2. The van der Waals surface area contributed by atoms with Crippen LogP contribution in [0.3, 0.4) is 0 Å². The molecule has 98 valence electrons. The number of phenolic OH excluding ortho intramolecular Hbond substituents is 1. The second-order valence-electron chi connectivity index (χ2n) is 3.72. The minimum absolute atomic E-state index is 0.0166. The highest BCUT2D eigenvalue weighted by atomic mass is 16.5. The number of phenols is 1. The summed E-state index contributed by atoms with van der Waals surface area (Å²) in [5, 5.41) is 9.59. The molecule has 0 saturated heterocycles. The van der Waals surface area contributed by atoms with Crippen LogP contribution >= 0.6 is 0 Å². The first-order chi connectivity index (χ1) is 8.60. The molecule has 5 nitrogen and oxygen atoms in total. The van der Waals surface area contributed by atoms with Crippen LogP contribution in [0.4, 0.5) is 0 Å². The normalized spacial score (nSPS) is 9.89. The van der Waals surface area contributed by atoms with Gasteiger partial charge in [-0.25, -0.2) is 4.79 Å². The van der Waals surface area contributed by atoms with Gasteiger partial charge in [0.1, 0.15) is 17.1 Å². The van der Waals surface area contributed by atoms with Crippen molar-refractivity contribution < 1.29 is 24.2 Å². The van der Waals surface area contributed by atoms with E-state index in [9.17, 15) is 14.7 Å². The summed E-state index contributed by atoms with van der Waals surface area (Å²) in [6, 6.07) is 4.26. The first-order valence-corrected chi connectivity index (χ1v) is 5.71. The number of methoxy groups -OCH3 is 1. The molecule has 1 rings (SSSR count). The molecule has 0 aliphatic heterocycles. The third kappa shape index (κ3) is 3.48. The summed E-state index contributed by atoms with van der Waals surface area (Å²) < 4.78 is 9.58. The van der Waals surface area contributed by atoms with Crippen molar-refractivity contribution in [2.75, 3.05) is 7.11 Å². The van der Waals surface area contributed by atoms with Crippen molar-refractivity contribution in [1.82, 2.24) is 0 Å². The van der Waals surface area contributed by atoms with Gasteiger partial charge in [-0.1, -0.05) is 19.4 Å². The van der Waals surface area contributed by atoms with Crippen LogP contribution in [0.15, 0.2) is 18.2 Å². The third-order valence-corrected chi connectivity index (χ3v) is 2.35. The number of unbranched alkanes of at least 4 members (excludes halogenated alkanes) is 1. The number of aromatic hydroxyl groups is 1. The zero-order chi connectivity index (χ0) is 13.5. The van der Waals surface area contributed by atoms with Gasteiger partial charge in [0, 0.05) is 6.42 Å². The maximum Gasteiger partial charge on any atom is 0.345 e. The fraction of sp³-hybridized carbons (Fsp3) is 0.385. The Balaban J connectivity index is 2.91. The lowest BCUT2D eigenvalue weighted by Gasteiger charge is -2.09. The van der Waals surface area contributed by atoms with Crippen LogP contribution in [0.25, 0.3) is 0 Å². The average Bonchev–Trinajstić information content (AvgIpc) is 2.35. The number of hydrogen-bond donors (Lipinski definition) is 1. The lowest BCUT2D eigenvalue weighted by Crippen LogP contribution is -2.11. The molecule has 0 heterocycles. The second-order valence-corrected chi connectivity index (χ2v) is 3.72. The van der Waals surface area contributed by atoms with E-state index in [2.05, 4.69) is 4.74 Å². The van der Waals surface area contributed by atoms with Crippen LogP contribution in [0, 0.1) is 0 Å². The number of carbonyl (C=O) groups is 2. The highest BCUT2D eigenvalue weighted by molar-refractivity contribution is 5.96. The second kappa shape index (κ2) is 6.64. The summed E-state index contributed by atoms with van der Waals surface area (Å²) in [5.74, 6) is -1.44. The number of rotatable bonds is 5. The van der Waals surface area contributed by atoms with Crippen molar-refractivity contribution in [2.24, 2.45) is 0 Å². The van der Waals surface area contributed by atoms with E-state index in [1.165, 1.54) is 25.3 Å². The molecule has 18 heavy (non-hydrogen) atoms. The van der Waals surface area contributed by atoms with Gasteiger partial charge < -0.3 is 14.6 Å². The van der Waals surface area contributed by atoms with Crippen LogP contribution in [0.1, 0.15) is 36.5 Å². The number of benzene rings is 1. The summed E-state index contributed by atoms with van der Waals surface area (Å²) in [5.41, 5.74) is -0.134. The minimum Gasteiger partial charge on any atom is -0.507 e. The molecular weight excluding hydrogens is 236 g/mol. The largest absolute Gasteiger partial charge is 0.507 e. The molecule has 0 aromatic heterocycles. The van der Waals surface area contributed by atoms with Gasteiger partial charge in [-0.3, -0.25) is 4.79 Å². The molecule has 0 fully saturated rings. The molecule has 1 N–H and O–H groups in total. The molecule has 0 spiro atoms. The molecule has 0 amide bonds. The highest BCUT2D eigenvalue weighted by Crippen LogP contribution is 2.28. The molecule has 0 unspecified atom stereocenters. The predicted octanol–water partition coefficient (Wildman–Crippen LogP) is 2.27. The maximum absolute atomic E-state index is 11.5. The highest BCUT2D eigenvalue weighted by Gasteiger charge is 2.19. The molecule has 0 atom stereocenters. The Morgan fingerprint density at radius 2 is 2.06 bits per heavy atom. The van der Waals surface area contributed by atoms with Gasteiger partial charge in [-0.05, 0) is 18.6 Å². The molecule has 5 heteroatoms. The van der Waals surface area contributed by atoms with E-state index in [4.69, 9.17) is 4.74 Å². The van der Waals surface area contributed by atoms with Crippen LogP contribution < -0.4 is 4.74 Å². The van der Waals surface area contributed by atoms with E-state index in [0.29, 0.717) is 6.42 Å². The quantitative estimate of drug-likeness (QED) is 0.642. The lowest BCUT2D eigenvalue weighted by molar-refractivity contribution is -0.134. The standard InChI is InChI=1S/C13H16O5/c1-3-4-8-11(15)18-10-7-5-6-9(14)12(10)13(16)17-2/h5-7,14H,3-4,8H2,1-2H3. The monoisotopic (exact) mass is 252 g/mol. The van der Waals surface area contributed by atoms with Crippen LogP contribution in [-0.2, 0) is 9.53 Å². The fourth-order valence-electron chi connectivity index (χ4n) is 1.41. The summed E-state index contributed by atoms with van der Waals surface area (Å²) in [6.07, 6.45) is 1.86. The Morgan fingerprint density at radius 3 is 2.67 bits per heavy atom. The van der Waals surface area contributed by atoms with E-state index in [0.717, 1.165) is 6.42 Å². The van der Waals surface area contributed by atoms with Crippen molar-refractivity contribution in [3.8, 4) is 11.5 Å². The van der Waals surface area contributed by atoms with Crippen LogP contribution in [0.5, 0.6) is 11.5 Å². The zero-order valence-electron chi connectivity index (χ0n) is 10.4. The first-order valence-electron chi connectivity index (χ1n) is 5.71. The smallest absolute Gasteiger partial charge is 0.345 e. The SMILES string of the molecule is CCCCC(=O)Oc1cccc(O)c1C(=O)OC. The third-order valence-electron chi connectivity index (χ3n) is 2.35. The Labute approximate surface area is 105 Å². The van der Waals surface area contributed by atoms with Gasteiger partial charge in [-0.2, -0.15) is 0 Å². The molecule has 0 saturated carbocycles. The van der Waals surface area contributed by atoms with Gasteiger partial charge >= 0.3 is 11.9 Å². The number of hydrogen-bond acceptors (Lipinski definition) is 5. The summed E-state index contributed by atoms with van der Waals surface area (Å²) >= 11 is 0. The van der Waals surface area contributed by atoms with Crippen molar-refractivity contribution in [2.45, 2.75) is 26.2 Å². The lowest BCUT2D eigenvalue weighted by atomic mass is 10.2. The van der Waals surface area contributed by atoms with E-state index < -0.39 is 11.9 Å².